The van der Waals surface area contributed by atoms with Crippen molar-refractivity contribution in [3.63, 3.8) is 0 Å². The first-order chi connectivity index (χ1) is 14.3. The Balaban J connectivity index is 1.74. The van der Waals surface area contributed by atoms with E-state index in [0.29, 0.717) is 16.6 Å². The number of carbonyl (C=O) groups is 1. The molecule has 0 bridgehead atoms. The summed E-state index contributed by atoms with van der Waals surface area (Å²) in [5.41, 5.74) is 1.25. The van der Waals surface area contributed by atoms with E-state index in [0.717, 1.165) is 5.56 Å². The number of rotatable bonds is 4. The molecule has 0 unspecified atom stereocenters. The summed E-state index contributed by atoms with van der Waals surface area (Å²) in [6.45, 7) is 1.95. The molecule has 6 nitrogen and oxygen atoms in total. The van der Waals surface area contributed by atoms with Crippen LogP contribution in [0, 0.1) is 6.92 Å². The van der Waals surface area contributed by atoms with Crippen molar-refractivity contribution >= 4 is 32.4 Å². The number of hydrogen-bond acceptors (Lipinski definition) is 5. The lowest BCUT2D eigenvalue weighted by Gasteiger charge is -2.08. The van der Waals surface area contributed by atoms with Crippen LogP contribution in [-0.4, -0.2) is 14.3 Å². The Morgan fingerprint density at radius 3 is 2.30 bits per heavy atom. The van der Waals surface area contributed by atoms with Gasteiger partial charge in [-0.1, -0.05) is 35.9 Å². The largest absolute Gasteiger partial charge is 0.422 e. The molecule has 1 N–H and O–H groups in total. The van der Waals surface area contributed by atoms with Crippen LogP contribution in [-0.2, 0) is 9.84 Å². The van der Waals surface area contributed by atoms with Crippen molar-refractivity contribution in [1.82, 2.24) is 0 Å². The van der Waals surface area contributed by atoms with Gasteiger partial charge in [-0.05, 0) is 55.5 Å². The molecule has 7 heteroatoms. The zero-order chi connectivity index (χ0) is 21.3. The lowest BCUT2D eigenvalue weighted by molar-refractivity contribution is 0.102. The Bertz CT molecular complexity index is 1410. The van der Waals surface area contributed by atoms with Gasteiger partial charge in [-0.15, -0.1) is 0 Å². The zero-order valence-corrected chi connectivity index (χ0v) is 16.8. The first-order valence-electron chi connectivity index (χ1n) is 9.11. The van der Waals surface area contributed by atoms with Gasteiger partial charge in [-0.3, -0.25) is 4.79 Å². The molecule has 0 aliphatic carbocycles. The third kappa shape index (κ3) is 3.75. The van der Waals surface area contributed by atoms with E-state index in [2.05, 4.69) is 5.32 Å². The Kier molecular flexibility index (Phi) is 4.97. The van der Waals surface area contributed by atoms with E-state index >= 15 is 0 Å². The van der Waals surface area contributed by atoms with Crippen molar-refractivity contribution in [2.75, 3.05) is 5.32 Å². The summed E-state index contributed by atoms with van der Waals surface area (Å²) >= 11 is 0. The fraction of sp³-hybridized carbons (Fsp3) is 0.0435. The van der Waals surface area contributed by atoms with Gasteiger partial charge in [0, 0.05) is 16.6 Å². The number of sulfone groups is 1. The van der Waals surface area contributed by atoms with E-state index in [1.165, 1.54) is 36.4 Å². The number of carbonyl (C=O) groups excluding carboxylic acids is 1. The maximum atomic E-state index is 12.8. The quantitative estimate of drug-likeness (QED) is 0.501. The monoisotopic (exact) mass is 419 g/mol. The second-order valence-electron chi connectivity index (χ2n) is 6.79. The molecule has 0 fully saturated rings. The van der Waals surface area contributed by atoms with Gasteiger partial charge < -0.3 is 9.73 Å². The van der Waals surface area contributed by atoms with Crippen molar-refractivity contribution < 1.29 is 17.6 Å². The van der Waals surface area contributed by atoms with Gasteiger partial charge >= 0.3 is 5.63 Å². The fourth-order valence-electron chi connectivity index (χ4n) is 3.00. The van der Waals surface area contributed by atoms with Crippen molar-refractivity contribution in [2.45, 2.75) is 16.7 Å². The maximum Gasteiger partial charge on any atom is 0.355 e. The highest BCUT2D eigenvalue weighted by Crippen LogP contribution is 2.23. The van der Waals surface area contributed by atoms with Crippen LogP contribution in [0.3, 0.4) is 0 Å². The van der Waals surface area contributed by atoms with Crippen molar-refractivity contribution in [3.8, 4) is 0 Å². The van der Waals surface area contributed by atoms with E-state index in [1.54, 1.807) is 30.3 Å². The predicted molar refractivity (Wildman–Crippen MR) is 114 cm³/mol. The van der Waals surface area contributed by atoms with Crippen LogP contribution in [0.15, 0.2) is 97.9 Å². The number of benzene rings is 3. The minimum atomic E-state index is -4.05. The molecule has 1 heterocycles. The first kappa shape index (κ1) is 19.6. The number of nitrogens with one attached hydrogen (secondary N) is 1. The molecule has 0 saturated carbocycles. The number of amides is 1. The number of aryl methyl sites for hydroxylation is 1. The van der Waals surface area contributed by atoms with Crippen molar-refractivity contribution in [2.24, 2.45) is 0 Å². The second kappa shape index (κ2) is 7.61. The van der Waals surface area contributed by atoms with Crippen LogP contribution >= 0.6 is 0 Å². The Morgan fingerprint density at radius 2 is 1.60 bits per heavy atom. The first-order valence-corrected chi connectivity index (χ1v) is 10.6. The highest BCUT2D eigenvalue weighted by molar-refractivity contribution is 7.91. The van der Waals surface area contributed by atoms with Gasteiger partial charge in [0.15, 0.2) is 4.90 Å². The molecule has 0 aliphatic heterocycles. The van der Waals surface area contributed by atoms with Gasteiger partial charge in [0.05, 0.1) is 4.90 Å². The molecule has 3 aromatic carbocycles. The molecule has 0 aliphatic rings. The average molecular weight is 419 g/mol. The molecule has 1 aromatic heterocycles. The van der Waals surface area contributed by atoms with Gasteiger partial charge in [-0.25, -0.2) is 13.2 Å². The Hall–Kier alpha value is -3.71. The van der Waals surface area contributed by atoms with E-state index in [1.807, 2.05) is 19.1 Å². The molecule has 0 atom stereocenters. The van der Waals surface area contributed by atoms with Crippen LogP contribution in [0.1, 0.15) is 15.9 Å². The fourth-order valence-corrected chi connectivity index (χ4v) is 4.31. The van der Waals surface area contributed by atoms with Crippen molar-refractivity contribution in [3.05, 3.63) is 100 Å². The highest BCUT2D eigenvalue weighted by atomic mass is 32.2. The minimum absolute atomic E-state index is 0.00933. The lowest BCUT2D eigenvalue weighted by atomic mass is 10.1. The van der Waals surface area contributed by atoms with Gasteiger partial charge in [0.1, 0.15) is 5.58 Å². The van der Waals surface area contributed by atoms with Crippen LogP contribution < -0.4 is 10.9 Å². The predicted octanol–water partition coefficient (Wildman–Crippen LogP) is 4.19. The lowest BCUT2D eigenvalue weighted by Crippen LogP contribution is -2.15. The van der Waals surface area contributed by atoms with Crippen molar-refractivity contribution in [1.29, 1.82) is 0 Å². The zero-order valence-electron chi connectivity index (χ0n) is 16.0. The summed E-state index contributed by atoms with van der Waals surface area (Å²) in [5, 5.41) is 3.12. The van der Waals surface area contributed by atoms with Crippen LogP contribution in [0.4, 0.5) is 5.69 Å². The topological polar surface area (TPSA) is 93.4 Å². The standard InChI is InChI=1S/C23H17NO5S/c1-15-7-10-18(11-8-15)24-22(25)16-9-12-20-17(13-16)14-21(23(26)29-20)30(27,28)19-5-3-2-4-6-19/h2-14H,1H3,(H,24,25). The molecule has 0 radical (unpaired) electrons. The third-order valence-electron chi connectivity index (χ3n) is 4.61. The second-order valence-corrected chi connectivity index (χ2v) is 8.71. The molecular formula is C23H17NO5S. The summed E-state index contributed by atoms with van der Waals surface area (Å²) in [5.74, 6) is -0.362. The van der Waals surface area contributed by atoms with E-state index in [9.17, 15) is 18.0 Å². The third-order valence-corrected chi connectivity index (χ3v) is 6.37. The number of fused-ring (bicyclic) bond motifs is 1. The summed E-state index contributed by atoms with van der Waals surface area (Å²) in [6, 6.07) is 20.7. The molecule has 30 heavy (non-hydrogen) atoms. The average Bonchev–Trinajstić information content (AvgIpc) is 2.75. The Labute approximate surface area is 172 Å². The smallest absolute Gasteiger partial charge is 0.355 e. The van der Waals surface area contributed by atoms with Crippen LogP contribution in [0.25, 0.3) is 11.0 Å². The molecule has 4 rings (SSSR count). The summed E-state index contributed by atoms with van der Waals surface area (Å²) < 4.78 is 30.9. The van der Waals surface area contributed by atoms with Crippen LogP contribution in [0.2, 0.25) is 0 Å². The normalized spacial score (nSPS) is 11.4. The molecule has 0 spiro atoms. The van der Waals surface area contributed by atoms with E-state index in [4.69, 9.17) is 4.42 Å². The van der Waals surface area contributed by atoms with Gasteiger partial charge in [0.25, 0.3) is 5.91 Å². The molecule has 1 amide bonds. The maximum absolute atomic E-state index is 12.8. The minimum Gasteiger partial charge on any atom is -0.422 e. The highest BCUT2D eigenvalue weighted by Gasteiger charge is 2.23. The summed E-state index contributed by atoms with van der Waals surface area (Å²) in [4.78, 5) is 24.4. The molecule has 0 saturated heterocycles. The van der Waals surface area contributed by atoms with Gasteiger partial charge in [-0.2, -0.15) is 0 Å². The SMILES string of the molecule is Cc1ccc(NC(=O)c2ccc3oc(=O)c(S(=O)(=O)c4ccccc4)cc3c2)cc1. The van der Waals surface area contributed by atoms with Gasteiger partial charge in [0.2, 0.25) is 9.84 Å². The van der Waals surface area contributed by atoms with E-state index in [-0.39, 0.29) is 16.4 Å². The molecule has 4 aromatic rings. The molecule has 150 valence electrons. The molecular weight excluding hydrogens is 402 g/mol. The van der Waals surface area contributed by atoms with E-state index < -0.39 is 20.4 Å². The van der Waals surface area contributed by atoms with Crippen LogP contribution in [0.5, 0.6) is 0 Å². The Morgan fingerprint density at radius 1 is 0.900 bits per heavy atom. The number of hydrogen-bond donors (Lipinski definition) is 1. The summed E-state index contributed by atoms with van der Waals surface area (Å²) in [6.07, 6.45) is 0. The number of anilines is 1. The summed E-state index contributed by atoms with van der Waals surface area (Å²) in [7, 11) is -4.05.